The maximum Gasteiger partial charge on any atom is 0.134 e. The monoisotopic (exact) mass is 142 g/mol. The fourth-order valence-corrected chi connectivity index (χ4v) is 1.04. The molecule has 10 heavy (non-hydrogen) atoms. The van der Waals surface area contributed by atoms with Crippen LogP contribution in [-0.2, 0) is 4.84 Å². The number of nitrogens with zero attached hydrogens (tertiary/aromatic N) is 1. The highest BCUT2D eigenvalue weighted by Gasteiger charge is 2.17. The first-order valence-corrected chi connectivity index (χ1v) is 3.78. The minimum atomic E-state index is 0.264. The largest absolute Gasteiger partial charge is 0.392 e. The smallest absolute Gasteiger partial charge is 0.134 e. The molecule has 0 saturated carbocycles. The summed E-state index contributed by atoms with van der Waals surface area (Å²) in [5, 5.41) is 3.92. The molecule has 0 fully saturated rings. The molecule has 1 aliphatic rings. The van der Waals surface area contributed by atoms with Gasteiger partial charge in [0.05, 0.1) is 5.71 Å². The number of nitrogens with two attached hydrogens (primary N) is 1. The molecule has 0 spiro atoms. The zero-order chi connectivity index (χ0) is 7.40. The van der Waals surface area contributed by atoms with Gasteiger partial charge in [0.15, 0.2) is 0 Å². The molecule has 2 N–H and O–H groups in total. The van der Waals surface area contributed by atoms with Crippen molar-refractivity contribution in [2.24, 2.45) is 10.9 Å². The molecule has 3 nitrogen and oxygen atoms in total. The topological polar surface area (TPSA) is 47.6 Å². The Morgan fingerprint density at radius 1 is 1.80 bits per heavy atom. The lowest BCUT2D eigenvalue weighted by atomic mass is 10.1. The van der Waals surface area contributed by atoms with Gasteiger partial charge in [-0.05, 0) is 19.4 Å². The van der Waals surface area contributed by atoms with Gasteiger partial charge in [-0.1, -0.05) is 12.1 Å². The highest BCUT2D eigenvalue weighted by Crippen LogP contribution is 2.14. The third kappa shape index (κ3) is 1.70. The molecule has 0 bridgehead atoms. The molecule has 0 aromatic rings. The maximum atomic E-state index is 5.36. The summed E-state index contributed by atoms with van der Waals surface area (Å²) in [6.45, 7) is 2.78. The van der Waals surface area contributed by atoms with Crippen molar-refractivity contribution in [2.45, 2.75) is 32.3 Å². The van der Waals surface area contributed by atoms with Crippen molar-refractivity contribution in [1.29, 1.82) is 0 Å². The Kier molecular flexibility index (Phi) is 2.68. The van der Waals surface area contributed by atoms with Crippen LogP contribution in [0.3, 0.4) is 0 Å². The molecule has 1 unspecified atom stereocenters. The number of hydrogen-bond acceptors (Lipinski definition) is 3. The molecule has 0 amide bonds. The first kappa shape index (κ1) is 7.54. The molecule has 0 aliphatic carbocycles. The molecule has 1 rings (SSSR count). The molecule has 0 aromatic carbocycles. The quantitative estimate of drug-likeness (QED) is 0.636. The van der Waals surface area contributed by atoms with Crippen molar-refractivity contribution in [3.8, 4) is 0 Å². The van der Waals surface area contributed by atoms with Crippen LogP contribution in [0, 0.1) is 0 Å². The summed E-state index contributed by atoms with van der Waals surface area (Å²) in [5.41, 5.74) is 6.53. The van der Waals surface area contributed by atoms with E-state index in [2.05, 4.69) is 12.1 Å². The molecule has 1 heterocycles. The van der Waals surface area contributed by atoms with Crippen molar-refractivity contribution in [3.05, 3.63) is 0 Å². The van der Waals surface area contributed by atoms with E-state index in [9.17, 15) is 0 Å². The van der Waals surface area contributed by atoms with Crippen LogP contribution >= 0.6 is 0 Å². The van der Waals surface area contributed by atoms with Gasteiger partial charge in [0.1, 0.15) is 6.10 Å². The second kappa shape index (κ2) is 3.56. The highest BCUT2D eigenvalue weighted by molar-refractivity contribution is 5.85. The highest BCUT2D eigenvalue weighted by atomic mass is 16.6. The molecule has 58 valence electrons. The van der Waals surface area contributed by atoms with Crippen LogP contribution in [0.15, 0.2) is 5.16 Å². The van der Waals surface area contributed by atoms with Crippen LogP contribution in [0.4, 0.5) is 0 Å². The van der Waals surface area contributed by atoms with E-state index in [4.69, 9.17) is 10.6 Å². The van der Waals surface area contributed by atoms with E-state index in [1.165, 1.54) is 5.71 Å². The lowest BCUT2D eigenvalue weighted by Gasteiger charge is -2.03. The Balaban J connectivity index is 2.22. The number of hydrogen-bond donors (Lipinski definition) is 1. The minimum Gasteiger partial charge on any atom is -0.392 e. The standard InChI is InChI=1S/C7H14N2O/c1-2-6-5-7(3-4-8)10-9-6/h7H,2-5,8H2,1H3. The van der Waals surface area contributed by atoms with E-state index >= 15 is 0 Å². The summed E-state index contributed by atoms with van der Waals surface area (Å²) in [6, 6.07) is 0. The molecule has 0 aromatic heterocycles. The third-order valence-electron chi connectivity index (χ3n) is 1.69. The van der Waals surface area contributed by atoms with Crippen molar-refractivity contribution >= 4 is 5.71 Å². The summed E-state index contributed by atoms with van der Waals surface area (Å²) in [4.78, 5) is 5.10. The van der Waals surface area contributed by atoms with Crippen LogP contribution in [0.1, 0.15) is 26.2 Å². The van der Waals surface area contributed by atoms with E-state index < -0.39 is 0 Å². The Hall–Kier alpha value is -0.570. The first-order chi connectivity index (χ1) is 4.86. The van der Waals surface area contributed by atoms with Gasteiger partial charge in [-0.3, -0.25) is 0 Å². The summed E-state index contributed by atoms with van der Waals surface area (Å²) >= 11 is 0. The van der Waals surface area contributed by atoms with Crippen molar-refractivity contribution < 1.29 is 4.84 Å². The molecule has 0 radical (unpaired) electrons. The fraction of sp³-hybridized carbons (Fsp3) is 0.857. The third-order valence-corrected chi connectivity index (χ3v) is 1.69. The summed E-state index contributed by atoms with van der Waals surface area (Å²) in [5.74, 6) is 0. The second-order valence-electron chi connectivity index (χ2n) is 2.52. The number of oxime groups is 1. The van der Waals surface area contributed by atoms with Crippen LogP contribution in [0.25, 0.3) is 0 Å². The molecule has 3 heteroatoms. The van der Waals surface area contributed by atoms with E-state index in [1.54, 1.807) is 0 Å². The Morgan fingerprint density at radius 2 is 2.60 bits per heavy atom. The molecular formula is C7H14N2O. The van der Waals surface area contributed by atoms with Gasteiger partial charge in [0.2, 0.25) is 0 Å². The van der Waals surface area contributed by atoms with Crippen molar-refractivity contribution in [2.75, 3.05) is 6.54 Å². The minimum absolute atomic E-state index is 0.264. The number of rotatable bonds is 3. The Bertz CT molecular complexity index is 134. The van der Waals surface area contributed by atoms with Gasteiger partial charge in [-0.25, -0.2) is 0 Å². The molecule has 0 saturated heterocycles. The Morgan fingerprint density at radius 3 is 3.10 bits per heavy atom. The van der Waals surface area contributed by atoms with Gasteiger partial charge >= 0.3 is 0 Å². The predicted molar refractivity (Wildman–Crippen MR) is 40.9 cm³/mol. The van der Waals surface area contributed by atoms with E-state index in [1.807, 2.05) is 0 Å². The SMILES string of the molecule is CCC1=NOC(CCN)C1. The van der Waals surface area contributed by atoms with Crippen LogP contribution < -0.4 is 5.73 Å². The normalized spacial score (nSPS) is 24.2. The van der Waals surface area contributed by atoms with Gasteiger partial charge in [-0.2, -0.15) is 0 Å². The zero-order valence-electron chi connectivity index (χ0n) is 6.34. The molecule has 1 aliphatic heterocycles. The average molecular weight is 142 g/mol. The van der Waals surface area contributed by atoms with E-state index in [0.29, 0.717) is 6.54 Å². The van der Waals surface area contributed by atoms with E-state index in [-0.39, 0.29) is 6.10 Å². The van der Waals surface area contributed by atoms with Gasteiger partial charge in [0.25, 0.3) is 0 Å². The maximum absolute atomic E-state index is 5.36. The van der Waals surface area contributed by atoms with Crippen LogP contribution in [0.2, 0.25) is 0 Å². The first-order valence-electron chi connectivity index (χ1n) is 3.78. The zero-order valence-corrected chi connectivity index (χ0v) is 6.34. The van der Waals surface area contributed by atoms with Crippen LogP contribution in [0.5, 0.6) is 0 Å². The summed E-state index contributed by atoms with van der Waals surface area (Å²) < 4.78 is 0. The molecular weight excluding hydrogens is 128 g/mol. The summed E-state index contributed by atoms with van der Waals surface area (Å²) in [6.07, 6.45) is 3.17. The lowest BCUT2D eigenvalue weighted by molar-refractivity contribution is 0.0810. The predicted octanol–water partition coefficient (Wildman–Crippen LogP) is 0.890. The van der Waals surface area contributed by atoms with E-state index in [0.717, 1.165) is 19.3 Å². The Labute approximate surface area is 61.2 Å². The van der Waals surface area contributed by atoms with Gasteiger partial charge < -0.3 is 10.6 Å². The van der Waals surface area contributed by atoms with Gasteiger partial charge in [0, 0.05) is 6.42 Å². The van der Waals surface area contributed by atoms with Crippen molar-refractivity contribution in [3.63, 3.8) is 0 Å². The molecule has 1 atom stereocenters. The summed E-state index contributed by atoms with van der Waals surface area (Å²) in [7, 11) is 0. The second-order valence-corrected chi connectivity index (χ2v) is 2.52. The lowest BCUT2D eigenvalue weighted by Crippen LogP contribution is -2.13. The van der Waals surface area contributed by atoms with Crippen molar-refractivity contribution in [1.82, 2.24) is 0 Å². The fourth-order valence-electron chi connectivity index (χ4n) is 1.04. The van der Waals surface area contributed by atoms with Gasteiger partial charge in [-0.15, -0.1) is 0 Å². The average Bonchev–Trinajstić information content (AvgIpc) is 2.37. The van der Waals surface area contributed by atoms with Crippen LogP contribution in [-0.4, -0.2) is 18.4 Å².